The largest absolute Gasteiger partial charge is 0.316 e. The molecule has 3 heteroatoms. The Morgan fingerprint density at radius 3 is 2.55 bits per heavy atom. The lowest BCUT2D eigenvalue weighted by atomic mass is 10.1. The van der Waals surface area contributed by atoms with E-state index in [4.69, 9.17) is 0 Å². The quantitative estimate of drug-likeness (QED) is 0.777. The summed E-state index contributed by atoms with van der Waals surface area (Å²) < 4.78 is 2.07. The van der Waals surface area contributed by atoms with E-state index in [0.717, 1.165) is 19.5 Å². The minimum absolute atomic E-state index is 0.423. The molecule has 1 atom stereocenters. The Labute approximate surface area is 122 Å². The van der Waals surface area contributed by atoms with Gasteiger partial charge in [0.2, 0.25) is 0 Å². The first-order valence-electron chi connectivity index (χ1n) is 7.47. The zero-order chi connectivity index (χ0) is 14.4. The molecule has 0 spiro atoms. The minimum Gasteiger partial charge on any atom is -0.316 e. The zero-order valence-corrected chi connectivity index (χ0v) is 12.7. The summed E-state index contributed by atoms with van der Waals surface area (Å²) in [7, 11) is 0. The van der Waals surface area contributed by atoms with Crippen molar-refractivity contribution in [3.05, 3.63) is 42.7 Å². The number of hydrogen-bond acceptors (Lipinski definition) is 2. The molecule has 0 aliphatic heterocycles. The van der Waals surface area contributed by atoms with Gasteiger partial charge in [0.15, 0.2) is 0 Å². The van der Waals surface area contributed by atoms with Crippen LogP contribution in [-0.2, 0) is 0 Å². The molecule has 2 aromatic rings. The highest BCUT2D eigenvalue weighted by Crippen LogP contribution is 2.20. The highest BCUT2D eigenvalue weighted by atomic mass is 15.3. The highest BCUT2D eigenvalue weighted by molar-refractivity contribution is 5.61. The Bertz CT molecular complexity index is 502. The Balaban J connectivity index is 1.88. The van der Waals surface area contributed by atoms with E-state index in [-0.39, 0.29) is 0 Å². The number of nitrogens with zero attached hydrogens (tertiary/aromatic N) is 2. The number of rotatable bonds is 7. The molecule has 0 radical (unpaired) electrons. The molecule has 1 N–H and O–H groups in total. The predicted octanol–water partition coefficient (Wildman–Crippen LogP) is 3.75. The molecule has 1 unspecified atom stereocenters. The summed E-state index contributed by atoms with van der Waals surface area (Å²) in [5.41, 5.74) is 2.41. The van der Waals surface area contributed by atoms with E-state index in [1.807, 2.05) is 12.3 Å². The van der Waals surface area contributed by atoms with Crippen LogP contribution >= 0.6 is 0 Å². The van der Waals surface area contributed by atoms with Gasteiger partial charge < -0.3 is 5.32 Å². The summed E-state index contributed by atoms with van der Waals surface area (Å²) in [6.07, 6.45) is 5.19. The van der Waals surface area contributed by atoms with Gasteiger partial charge in [0.05, 0.1) is 12.2 Å². The van der Waals surface area contributed by atoms with Crippen LogP contribution in [0.3, 0.4) is 0 Å². The van der Waals surface area contributed by atoms with Crippen molar-refractivity contribution >= 4 is 0 Å². The van der Waals surface area contributed by atoms with Crippen molar-refractivity contribution in [2.75, 3.05) is 13.1 Å². The molecule has 0 saturated heterocycles. The van der Waals surface area contributed by atoms with E-state index in [1.165, 1.54) is 11.1 Å². The van der Waals surface area contributed by atoms with Crippen molar-refractivity contribution < 1.29 is 0 Å². The van der Waals surface area contributed by atoms with Gasteiger partial charge in [0, 0.05) is 11.8 Å². The fourth-order valence-electron chi connectivity index (χ4n) is 2.19. The summed E-state index contributed by atoms with van der Waals surface area (Å²) in [5, 5.41) is 7.98. The summed E-state index contributed by atoms with van der Waals surface area (Å²) >= 11 is 0. The summed E-state index contributed by atoms with van der Waals surface area (Å²) in [6.45, 7) is 8.81. The maximum Gasteiger partial charge on any atom is 0.0568 e. The maximum atomic E-state index is 4.50. The summed E-state index contributed by atoms with van der Waals surface area (Å²) in [6, 6.07) is 10.8. The summed E-state index contributed by atoms with van der Waals surface area (Å²) in [5.74, 6) is 0.708. The lowest BCUT2D eigenvalue weighted by Gasteiger charge is -2.13. The van der Waals surface area contributed by atoms with Gasteiger partial charge in [-0.05, 0) is 37.9 Å². The molecule has 3 nitrogen and oxygen atoms in total. The Morgan fingerprint density at radius 1 is 1.10 bits per heavy atom. The first-order chi connectivity index (χ1) is 9.66. The third kappa shape index (κ3) is 4.20. The average molecular weight is 271 g/mol. The zero-order valence-electron chi connectivity index (χ0n) is 12.7. The lowest BCUT2D eigenvalue weighted by Crippen LogP contribution is -2.23. The number of hydrogen-bond donors (Lipinski definition) is 1. The van der Waals surface area contributed by atoms with Crippen LogP contribution in [0, 0.1) is 5.92 Å². The van der Waals surface area contributed by atoms with E-state index in [9.17, 15) is 0 Å². The van der Waals surface area contributed by atoms with Crippen molar-refractivity contribution in [1.82, 2.24) is 15.1 Å². The number of benzene rings is 1. The van der Waals surface area contributed by atoms with Gasteiger partial charge in [0.1, 0.15) is 0 Å². The van der Waals surface area contributed by atoms with Crippen LogP contribution in [-0.4, -0.2) is 22.9 Å². The van der Waals surface area contributed by atoms with E-state index >= 15 is 0 Å². The summed E-state index contributed by atoms with van der Waals surface area (Å²) in [4.78, 5) is 0. The van der Waals surface area contributed by atoms with E-state index < -0.39 is 0 Å². The second kappa shape index (κ2) is 7.25. The van der Waals surface area contributed by atoms with Gasteiger partial charge >= 0.3 is 0 Å². The Morgan fingerprint density at radius 2 is 1.85 bits per heavy atom. The van der Waals surface area contributed by atoms with Crippen molar-refractivity contribution in [3.63, 3.8) is 0 Å². The highest BCUT2D eigenvalue weighted by Gasteiger charge is 2.07. The van der Waals surface area contributed by atoms with E-state index in [1.54, 1.807) is 0 Å². The molecular formula is C17H25N3. The Hall–Kier alpha value is -1.61. The normalized spacial score (nSPS) is 12.8. The Kier molecular flexibility index (Phi) is 5.36. The van der Waals surface area contributed by atoms with Crippen LogP contribution in [0.4, 0.5) is 0 Å². The van der Waals surface area contributed by atoms with Crippen LogP contribution in [0.15, 0.2) is 42.7 Å². The van der Waals surface area contributed by atoms with Gasteiger partial charge in [-0.15, -0.1) is 0 Å². The molecular weight excluding hydrogens is 246 g/mol. The predicted molar refractivity (Wildman–Crippen MR) is 84.7 cm³/mol. The van der Waals surface area contributed by atoms with Gasteiger partial charge in [-0.1, -0.05) is 44.2 Å². The molecule has 0 bridgehead atoms. The molecule has 0 aliphatic carbocycles. The standard InChI is InChI=1S/C17H25N3/c1-14(2)11-18-10-9-15(3)20-13-17(12-19-20)16-7-5-4-6-8-16/h4-8,12-15,18H,9-11H2,1-3H3. The van der Waals surface area contributed by atoms with Crippen LogP contribution in [0.2, 0.25) is 0 Å². The second-order valence-corrected chi connectivity index (χ2v) is 5.81. The molecule has 0 aliphatic rings. The smallest absolute Gasteiger partial charge is 0.0568 e. The fraction of sp³-hybridized carbons (Fsp3) is 0.471. The maximum absolute atomic E-state index is 4.50. The second-order valence-electron chi connectivity index (χ2n) is 5.81. The fourth-order valence-corrected chi connectivity index (χ4v) is 2.19. The van der Waals surface area contributed by atoms with E-state index in [2.05, 4.69) is 66.3 Å². The van der Waals surface area contributed by atoms with Gasteiger partial charge in [-0.25, -0.2) is 0 Å². The molecule has 0 amide bonds. The third-order valence-electron chi connectivity index (χ3n) is 3.45. The number of nitrogens with one attached hydrogen (secondary N) is 1. The van der Waals surface area contributed by atoms with E-state index in [0.29, 0.717) is 12.0 Å². The van der Waals surface area contributed by atoms with Crippen molar-refractivity contribution in [2.45, 2.75) is 33.2 Å². The SMILES string of the molecule is CC(C)CNCCC(C)n1cc(-c2ccccc2)cn1. The molecule has 2 rings (SSSR count). The van der Waals surface area contributed by atoms with Crippen molar-refractivity contribution in [3.8, 4) is 11.1 Å². The molecule has 108 valence electrons. The van der Waals surface area contributed by atoms with Crippen LogP contribution in [0.25, 0.3) is 11.1 Å². The molecule has 0 saturated carbocycles. The first kappa shape index (κ1) is 14.8. The average Bonchev–Trinajstić information content (AvgIpc) is 2.94. The van der Waals surface area contributed by atoms with Gasteiger partial charge in [-0.3, -0.25) is 4.68 Å². The van der Waals surface area contributed by atoms with Gasteiger partial charge in [-0.2, -0.15) is 5.10 Å². The number of aromatic nitrogens is 2. The van der Waals surface area contributed by atoms with Crippen molar-refractivity contribution in [1.29, 1.82) is 0 Å². The molecule has 1 heterocycles. The van der Waals surface area contributed by atoms with Crippen LogP contribution in [0.1, 0.15) is 33.2 Å². The molecule has 0 fully saturated rings. The van der Waals surface area contributed by atoms with Crippen molar-refractivity contribution in [2.24, 2.45) is 5.92 Å². The monoisotopic (exact) mass is 271 g/mol. The molecule has 1 aromatic heterocycles. The molecule has 1 aromatic carbocycles. The third-order valence-corrected chi connectivity index (χ3v) is 3.45. The topological polar surface area (TPSA) is 29.9 Å². The van der Waals surface area contributed by atoms with Crippen LogP contribution < -0.4 is 5.32 Å². The lowest BCUT2D eigenvalue weighted by molar-refractivity contribution is 0.434. The first-order valence-corrected chi connectivity index (χ1v) is 7.47. The van der Waals surface area contributed by atoms with Crippen LogP contribution in [0.5, 0.6) is 0 Å². The minimum atomic E-state index is 0.423. The van der Waals surface area contributed by atoms with Gasteiger partial charge in [0.25, 0.3) is 0 Å². The molecule has 20 heavy (non-hydrogen) atoms.